The van der Waals surface area contributed by atoms with Crippen molar-refractivity contribution in [2.45, 2.75) is 43.9 Å². The van der Waals surface area contributed by atoms with Gasteiger partial charge in [-0.1, -0.05) is 48.5 Å². The molecule has 0 spiro atoms. The van der Waals surface area contributed by atoms with Gasteiger partial charge in [0.1, 0.15) is 11.9 Å². The molecule has 170 valence electrons. The first-order valence-corrected chi connectivity index (χ1v) is 12.0. The Morgan fingerprint density at radius 1 is 0.909 bits per heavy atom. The maximum atomic E-state index is 12.8. The lowest BCUT2D eigenvalue weighted by Gasteiger charge is -2.53. The molecule has 2 fully saturated rings. The van der Waals surface area contributed by atoms with Crippen molar-refractivity contribution in [1.29, 1.82) is 0 Å². The Bertz CT molecular complexity index is 1020. The van der Waals surface area contributed by atoms with E-state index in [4.69, 9.17) is 4.74 Å². The topological polar surface area (TPSA) is 45.7 Å². The summed E-state index contributed by atoms with van der Waals surface area (Å²) in [5.41, 5.74) is 2.48. The van der Waals surface area contributed by atoms with Crippen molar-refractivity contribution < 1.29 is 9.53 Å². The molecule has 0 aliphatic carbocycles. The molecule has 1 amide bonds. The van der Waals surface area contributed by atoms with Crippen molar-refractivity contribution in [3.8, 4) is 5.75 Å². The van der Waals surface area contributed by atoms with Crippen LogP contribution in [0.1, 0.15) is 36.4 Å². The highest BCUT2D eigenvalue weighted by atomic mass is 16.5. The van der Waals surface area contributed by atoms with E-state index in [0.29, 0.717) is 12.5 Å². The number of nitrogens with zero attached hydrogens (tertiary/aromatic N) is 3. The van der Waals surface area contributed by atoms with Crippen LogP contribution in [-0.2, 0) is 11.2 Å². The molecule has 3 heterocycles. The third-order valence-corrected chi connectivity index (χ3v) is 6.94. The van der Waals surface area contributed by atoms with Gasteiger partial charge in [-0.2, -0.15) is 0 Å². The van der Waals surface area contributed by atoms with Crippen LogP contribution < -0.4 is 4.74 Å². The van der Waals surface area contributed by atoms with Crippen LogP contribution in [0.5, 0.6) is 5.75 Å². The van der Waals surface area contributed by atoms with Gasteiger partial charge in [0.25, 0.3) is 0 Å². The van der Waals surface area contributed by atoms with E-state index in [1.807, 2.05) is 60.9 Å². The van der Waals surface area contributed by atoms with Gasteiger partial charge in [-0.15, -0.1) is 0 Å². The number of ether oxygens (including phenoxy) is 1. The van der Waals surface area contributed by atoms with Gasteiger partial charge in [-0.05, 0) is 54.7 Å². The zero-order chi connectivity index (χ0) is 22.5. The second-order valence-corrected chi connectivity index (χ2v) is 8.99. The summed E-state index contributed by atoms with van der Waals surface area (Å²) in [6, 6.07) is 25.2. The minimum absolute atomic E-state index is 0.125. The van der Waals surface area contributed by atoms with Gasteiger partial charge < -0.3 is 9.64 Å². The Labute approximate surface area is 196 Å². The molecule has 2 aliphatic heterocycles. The van der Waals surface area contributed by atoms with E-state index in [2.05, 4.69) is 39.0 Å². The number of para-hydroxylation sites is 1. The van der Waals surface area contributed by atoms with Crippen molar-refractivity contribution in [1.82, 2.24) is 14.8 Å². The lowest BCUT2D eigenvalue weighted by atomic mass is 9.87. The molecule has 0 bridgehead atoms. The van der Waals surface area contributed by atoms with E-state index in [-0.39, 0.29) is 18.1 Å². The summed E-state index contributed by atoms with van der Waals surface area (Å²) in [5.74, 6) is 1.19. The number of pyridine rings is 1. The second kappa shape index (κ2) is 10.2. The number of benzene rings is 2. The summed E-state index contributed by atoms with van der Waals surface area (Å²) >= 11 is 0. The first-order chi connectivity index (χ1) is 16.3. The highest BCUT2D eigenvalue weighted by Gasteiger charge is 2.45. The second-order valence-electron chi connectivity index (χ2n) is 8.99. The molecule has 0 N–H and O–H groups in total. The van der Waals surface area contributed by atoms with E-state index in [1.165, 1.54) is 11.1 Å². The Hall–Kier alpha value is -3.18. The van der Waals surface area contributed by atoms with Crippen LogP contribution >= 0.6 is 0 Å². The number of carbonyl (C=O) groups excluding carboxylic acids is 1. The quantitative estimate of drug-likeness (QED) is 0.541. The highest BCUT2D eigenvalue weighted by molar-refractivity contribution is 5.76. The number of aryl methyl sites for hydroxylation is 1. The van der Waals surface area contributed by atoms with Crippen LogP contribution in [0.25, 0.3) is 0 Å². The highest BCUT2D eigenvalue weighted by Crippen LogP contribution is 2.40. The van der Waals surface area contributed by atoms with Crippen LogP contribution in [0.2, 0.25) is 0 Å². The SMILES string of the molecule is O=C(CCc1ccccc1)N1CCC(N2CC(Oc3ccccc3)C2c2ccncc2)CC1. The van der Waals surface area contributed by atoms with E-state index >= 15 is 0 Å². The number of hydrogen-bond donors (Lipinski definition) is 0. The molecule has 0 saturated carbocycles. The number of likely N-dealkylation sites (tertiary alicyclic amines) is 2. The predicted octanol–water partition coefficient (Wildman–Crippen LogP) is 4.51. The molecule has 5 nitrogen and oxygen atoms in total. The van der Waals surface area contributed by atoms with E-state index in [9.17, 15) is 4.79 Å². The summed E-state index contributed by atoms with van der Waals surface area (Å²) < 4.78 is 6.35. The van der Waals surface area contributed by atoms with Crippen molar-refractivity contribution in [3.05, 3.63) is 96.3 Å². The third-order valence-electron chi connectivity index (χ3n) is 6.94. The Morgan fingerprint density at radius 2 is 1.58 bits per heavy atom. The molecular formula is C28H31N3O2. The number of amides is 1. The molecule has 1 aromatic heterocycles. The van der Waals surface area contributed by atoms with Crippen LogP contribution in [0.4, 0.5) is 0 Å². The number of rotatable bonds is 7. The minimum Gasteiger partial charge on any atom is -0.487 e. The summed E-state index contributed by atoms with van der Waals surface area (Å²) in [6.45, 7) is 2.58. The van der Waals surface area contributed by atoms with Gasteiger partial charge in [0.15, 0.2) is 0 Å². The third kappa shape index (κ3) is 5.09. The summed E-state index contributed by atoms with van der Waals surface area (Å²) in [7, 11) is 0. The zero-order valence-electron chi connectivity index (χ0n) is 18.9. The van der Waals surface area contributed by atoms with Gasteiger partial charge in [0, 0.05) is 44.5 Å². The van der Waals surface area contributed by atoms with Crippen molar-refractivity contribution in [2.75, 3.05) is 19.6 Å². The van der Waals surface area contributed by atoms with Gasteiger partial charge in [-0.25, -0.2) is 0 Å². The van der Waals surface area contributed by atoms with Gasteiger partial charge >= 0.3 is 0 Å². The van der Waals surface area contributed by atoms with Crippen LogP contribution in [-0.4, -0.2) is 52.5 Å². The molecule has 5 rings (SSSR count). The summed E-state index contributed by atoms with van der Waals surface area (Å²) in [5, 5.41) is 0. The average Bonchev–Trinajstić information content (AvgIpc) is 2.87. The zero-order valence-corrected chi connectivity index (χ0v) is 18.9. The normalized spacial score (nSPS) is 21.4. The number of aromatic nitrogens is 1. The molecule has 0 radical (unpaired) electrons. The summed E-state index contributed by atoms with van der Waals surface area (Å²) in [4.78, 5) is 21.6. The Morgan fingerprint density at radius 3 is 2.27 bits per heavy atom. The van der Waals surface area contributed by atoms with E-state index < -0.39 is 0 Å². The standard InChI is InChI=1S/C28H31N3O2/c32-27(12-11-22-7-3-1-4-8-22)30-19-15-24(16-20-30)31-21-26(33-25-9-5-2-6-10-25)28(31)23-13-17-29-18-14-23/h1-10,13-14,17-18,24,26,28H,11-12,15-16,19-21H2. The van der Waals surface area contributed by atoms with Crippen LogP contribution in [0.3, 0.4) is 0 Å². The van der Waals surface area contributed by atoms with Crippen molar-refractivity contribution in [2.24, 2.45) is 0 Å². The Balaban J connectivity index is 1.18. The minimum atomic E-state index is 0.125. The fourth-order valence-corrected chi connectivity index (χ4v) is 5.12. The molecule has 2 aliphatic rings. The lowest BCUT2D eigenvalue weighted by molar-refractivity contribution is -0.135. The fraction of sp³-hybridized carbons (Fsp3) is 0.357. The maximum Gasteiger partial charge on any atom is 0.222 e. The Kier molecular flexibility index (Phi) is 6.68. The first-order valence-electron chi connectivity index (χ1n) is 12.0. The molecule has 2 atom stereocenters. The smallest absolute Gasteiger partial charge is 0.222 e. The lowest BCUT2D eigenvalue weighted by Crippen LogP contribution is -2.61. The fourth-order valence-electron chi connectivity index (χ4n) is 5.12. The first kappa shape index (κ1) is 21.7. The molecule has 2 saturated heterocycles. The molecule has 5 heteroatoms. The predicted molar refractivity (Wildman–Crippen MR) is 129 cm³/mol. The number of hydrogen-bond acceptors (Lipinski definition) is 4. The largest absolute Gasteiger partial charge is 0.487 e. The molecule has 2 aromatic carbocycles. The van der Waals surface area contributed by atoms with Gasteiger partial charge in [-0.3, -0.25) is 14.7 Å². The molecule has 2 unspecified atom stereocenters. The van der Waals surface area contributed by atoms with Crippen molar-refractivity contribution in [3.63, 3.8) is 0 Å². The van der Waals surface area contributed by atoms with E-state index in [0.717, 1.165) is 44.6 Å². The average molecular weight is 442 g/mol. The summed E-state index contributed by atoms with van der Waals surface area (Å²) in [6.07, 6.45) is 7.27. The van der Waals surface area contributed by atoms with Gasteiger partial charge in [0.2, 0.25) is 5.91 Å². The monoisotopic (exact) mass is 441 g/mol. The van der Waals surface area contributed by atoms with Gasteiger partial charge in [0.05, 0.1) is 6.04 Å². The van der Waals surface area contributed by atoms with Crippen molar-refractivity contribution >= 4 is 5.91 Å². The van der Waals surface area contributed by atoms with E-state index in [1.54, 1.807) is 0 Å². The van der Waals surface area contributed by atoms with Crippen LogP contribution in [0.15, 0.2) is 85.2 Å². The molecular weight excluding hydrogens is 410 g/mol. The molecule has 3 aromatic rings. The molecule has 33 heavy (non-hydrogen) atoms. The number of carbonyl (C=O) groups is 1. The number of piperidine rings is 1. The van der Waals surface area contributed by atoms with Crippen LogP contribution in [0, 0.1) is 0 Å². The maximum absolute atomic E-state index is 12.8.